The Bertz CT molecular complexity index is 4760. The molecule has 4 atom stereocenters. The normalized spacial score (nSPS) is 20.3. The summed E-state index contributed by atoms with van der Waals surface area (Å²) in [5.74, 6) is 0. The van der Waals surface area contributed by atoms with Crippen LogP contribution in [0.2, 0.25) is 0 Å². The third-order valence-electron chi connectivity index (χ3n) is 19.9. The molecule has 6 aromatic carbocycles. The monoisotopic (exact) mass is 1550 g/mol. The summed E-state index contributed by atoms with van der Waals surface area (Å²) in [6.07, 6.45) is 11.1. The molecule has 0 spiro atoms. The zero-order chi connectivity index (χ0) is 60.7. The number of benzene rings is 6. The Morgan fingerprint density at radius 2 is 0.652 bits per heavy atom. The molecule has 0 amide bonds. The quantitative estimate of drug-likeness (QED) is 0.109. The second-order valence-electron chi connectivity index (χ2n) is 23.8. The summed E-state index contributed by atoms with van der Waals surface area (Å²) < 4.78 is 8.66. The Labute approximate surface area is 561 Å². The van der Waals surface area contributed by atoms with E-state index in [-0.39, 0.29) is 42.1 Å². The maximum absolute atomic E-state index is 5.12. The molecule has 0 fully saturated rings. The van der Waals surface area contributed by atoms with E-state index in [0.29, 0.717) is 0 Å². The van der Waals surface area contributed by atoms with Gasteiger partial charge in [0.05, 0.1) is 22.2 Å². The van der Waals surface area contributed by atoms with Gasteiger partial charge in [0.2, 0.25) is 0 Å². The molecule has 2 aliphatic heterocycles. The average Bonchev–Trinajstić information content (AvgIpc) is 1.52. The first-order valence-corrected chi connectivity index (χ1v) is 30.3. The molecular formula is C78H56N12Pt2+4. The van der Waals surface area contributed by atoms with E-state index in [0.717, 1.165) is 146 Å². The largest absolute Gasteiger partial charge is 2.00 e. The van der Waals surface area contributed by atoms with Crippen LogP contribution >= 0.6 is 0 Å². The first kappa shape index (κ1) is 58.3. The fourth-order valence-electron chi connectivity index (χ4n) is 15.6. The van der Waals surface area contributed by atoms with Crippen molar-refractivity contribution >= 4 is 12.0 Å². The van der Waals surface area contributed by atoms with Gasteiger partial charge in [-0.2, -0.15) is 60.9 Å². The van der Waals surface area contributed by atoms with E-state index in [9.17, 15) is 0 Å². The molecule has 92 heavy (non-hydrogen) atoms. The number of rotatable bonds is 8. The van der Waals surface area contributed by atoms with Crippen LogP contribution in [0.25, 0.3) is 44.5 Å². The summed E-state index contributed by atoms with van der Waals surface area (Å²) in [5, 5.41) is 18.1. The molecule has 14 heteroatoms. The third kappa shape index (κ3) is 7.61. The molecule has 444 valence electrons. The Morgan fingerprint density at radius 3 is 1.00 bits per heavy atom. The van der Waals surface area contributed by atoms with Gasteiger partial charge in [-0.15, -0.1) is 11.1 Å². The van der Waals surface area contributed by atoms with Crippen LogP contribution in [0.3, 0.4) is 0 Å². The van der Waals surface area contributed by atoms with Gasteiger partial charge < -0.3 is 20.4 Å². The second-order valence-corrected chi connectivity index (χ2v) is 23.8. The second kappa shape index (κ2) is 21.8. The summed E-state index contributed by atoms with van der Waals surface area (Å²) in [7, 11) is 4.10. The van der Waals surface area contributed by atoms with Crippen LogP contribution in [0, 0.1) is 12.1 Å². The van der Waals surface area contributed by atoms with E-state index in [1.165, 1.54) is 0 Å². The molecule has 0 radical (unpaired) electrons. The SMILES string of the molecule is CC1=C(C)[N+](C2(c3[c-]c(C4(c5cc[n-]n5)c5ccccc5-c5cccnc54)ccc3)c3ccccc3-c3cccnc32)=C=[N+]1C.CC1=C(C)[N+](C2(c3[c-]c(C4(c5cc[n-]n5)c5ccccc5-c5cccnc54)ccc3)c3ccccc3-c3cccnc32)=C=[N+]1C.[Pt+2].[Pt+2]. The Hall–Kier alpha value is -10.0. The first-order chi connectivity index (χ1) is 44.1. The molecule has 12 nitrogen and oxygen atoms in total. The van der Waals surface area contributed by atoms with Gasteiger partial charge in [-0.25, -0.2) is 0 Å². The molecular weight excluding hydrogens is 1500 g/mol. The summed E-state index contributed by atoms with van der Waals surface area (Å²) in [6.45, 7) is 8.60. The van der Waals surface area contributed by atoms with Crippen molar-refractivity contribution < 1.29 is 60.4 Å². The smallest absolute Gasteiger partial charge is 0.581 e. The van der Waals surface area contributed by atoms with Crippen LogP contribution in [0.4, 0.5) is 0 Å². The number of hydrogen-bond acceptors (Lipinski definition) is 6. The van der Waals surface area contributed by atoms with Crippen LogP contribution < -0.4 is 10.2 Å². The van der Waals surface area contributed by atoms with Gasteiger partial charge in [0.15, 0.2) is 14.1 Å². The molecule has 12 aromatic rings. The van der Waals surface area contributed by atoms with Crippen molar-refractivity contribution in [3.8, 4) is 44.5 Å². The maximum atomic E-state index is 5.12. The molecule has 0 N–H and O–H groups in total. The fraction of sp³-hybridized carbons (Fsp3) is 0.128. The number of aromatic nitrogens is 8. The third-order valence-corrected chi connectivity index (χ3v) is 19.9. The van der Waals surface area contributed by atoms with Crippen molar-refractivity contribution in [1.29, 1.82) is 0 Å². The minimum Gasteiger partial charge on any atom is -0.581 e. The van der Waals surface area contributed by atoms with Crippen molar-refractivity contribution in [2.24, 2.45) is 0 Å². The van der Waals surface area contributed by atoms with Crippen molar-refractivity contribution in [2.75, 3.05) is 14.1 Å². The minimum atomic E-state index is -0.816. The number of pyridine rings is 4. The van der Waals surface area contributed by atoms with Crippen molar-refractivity contribution in [3.63, 3.8) is 0 Å². The number of fused-ring (bicyclic) bond motifs is 12. The van der Waals surface area contributed by atoms with Gasteiger partial charge in [-0.05, 0) is 57.6 Å². The first-order valence-electron chi connectivity index (χ1n) is 30.3. The average molecular weight is 1550 g/mol. The fourth-order valence-corrected chi connectivity index (χ4v) is 15.6. The number of hydrogen-bond donors (Lipinski definition) is 0. The van der Waals surface area contributed by atoms with E-state index in [2.05, 4.69) is 238 Å². The van der Waals surface area contributed by atoms with E-state index in [1.807, 2.05) is 75.3 Å². The van der Waals surface area contributed by atoms with Gasteiger partial charge in [0.1, 0.15) is 11.4 Å². The Morgan fingerprint density at radius 1 is 0.337 bits per heavy atom. The van der Waals surface area contributed by atoms with E-state index in [4.69, 9.17) is 30.1 Å². The zero-order valence-electron chi connectivity index (χ0n) is 50.9. The summed E-state index contributed by atoms with van der Waals surface area (Å²) in [4.78, 5) is 20.3. The minimum absolute atomic E-state index is 0. The molecule has 0 saturated heterocycles. The van der Waals surface area contributed by atoms with E-state index >= 15 is 0 Å². The molecule has 4 unspecified atom stereocenters. The van der Waals surface area contributed by atoms with Crippen molar-refractivity contribution in [1.82, 2.24) is 40.3 Å². The van der Waals surface area contributed by atoms with Gasteiger partial charge in [0, 0.05) is 97.3 Å². The summed E-state index contributed by atoms with van der Waals surface area (Å²) in [6, 6.07) is 83.4. The Balaban J connectivity index is 0.000000149. The van der Waals surface area contributed by atoms with Gasteiger partial charge in [-0.1, -0.05) is 163 Å². The zero-order valence-corrected chi connectivity index (χ0v) is 55.5. The van der Waals surface area contributed by atoms with Gasteiger partial charge in [-0.3, -0.25) is 19.9 Å². The van der Waals surface area contributed by atoms with Gasteiger partial charge in [0.25, 0.3) is 33.9 Å². The molecule has 0 bridgehead atoms. The number of nitrogens with zero attached hydrogens (tertiary/aromatic N) is 12. The predicted molar refractivity (Wildman–Crippen MR) is 342 cm³/mol. The van der Waals surface area contributed by atoms with Crippen LogP contribution in [0.5, 0.6) is 0 Å². The van der Waals surface area contributed by atoms with Crippen LogP contribution in [0.1, 0.15) is 106 Å². The number of allylic oxidation sites excluding steroid dienone is 4. The van der Waals surface area contributed by atoms with Crippen LogP contribution in [0.15, 0.2) is 254 Å². The molecule has 6 aliphatic rings. The molecule has 0 saturated carbocycles. The van der Waals surface area contributed by atoms with Crippen LogP contribution in [-0.4, -0.2) is 74.5 Å². The molecule has 18 rings (SSSR count). The molecule has 6 aromatic heterocycles. The van der Waals surface area contributed by atoms with E-state index in [1.54, 1.807) is 12.4 Å². The standard InChI is InChI=1S/2C39H28N6.2Pt/c2*1-25-26(2)45(24-44(25)3)39(34-18-7-5-14-30(34)32-16-10-21-41-37(32)39)28-12-8-11-27(23-28)38(35-19-22-42-43-35)33-17-6-4-13-29(33)31-15-9-20-40-36(31)38;;/h2*4-22H,1-3H3;;/q;;2*+2. The predicted octanol–water partition coefficient (Wildman–Crippen LogP) is 12.7. The van der Waals surface area contributed by atoms with Crippen molar-refractivity contribution in [3.05, 3.63) is 345 Å². The molecule has 4 aliphatic carbocycles. The topological polar surface area (TPSA) is 118 Å². The maximum Gasteiger partial charge on any atom is 2.00 e. The van der Waals surface area contributed by atoms with E-state index < -0.39 is 21.9 Å². The summed E-state index contributed by atoms with van der Waals surface area (Å²) in [5.41, 5.74) is 24.1. The summed E-state index contributed by atoms with van der Waals surface area (Å²) >= 11 is 0. The van der Waals surface area contributed by atoms with Gasteiger partial charge >= 0.3 is 54.1 Å². The van der Waals surface area contributed by atoms with Crippen molar-refractivity contribution in [2.45, 2.75) is 49.6 Å². The van der Waals surface area contributed by atoms with Crippen LogP contribution in [-0.2, 0) is 64.0 Å². The Kier molecular flexibility index (Phi) is 13.8. The molecule has 8 heterocycles.